The SMILES string of the molecule is COc1ccc2[nH]nc(C(=O)N[C@@H]3CN4CCC3CC4)c2c1C1CC1. The number of aromatic nitrogens is 2. The number of nitrogens with zero attached hydrogens (tertiary/aromatic N) is 2. The molecule has 2 N–H and O–H groups in total. The first kappa shape index (κ1) is 15.2. The molecule has 2 bridgehead atoms. The van der Waals surface area contributed by atoms with Crippen molar-refractivity contribution in [2.24, 2.45) is 5.92 Å². The summed E-state index contributed by atoms with van der Waals surface area (Å²) >= 11 is 0. The third-order valence-electron chi connectivity index (χ3n) is 6.12. The summed E-state index contributed by atoms with van der Waals surface area (Å²) in [4.78, 5) is 15.5. The normalized spacial score (nSPS) is 28.3. The first-order valence-corrected chi connectivity index (χ1v) is 9.33. The largest absolute Gasteiger partial charge is 0.496 e. The first-order chi connectivity index (χ1) is 12.2. The highest BCUT2D eigenvalue weighted by atomic mass is 16.5. The van der Waals surface area contributed by atoms with Crippen LogP contribution in [0.15, 0.2) is 12.1 Å². The Morgan fingerprint density at radius 2 is 2.08 bits per heavy atom. The Morgan fingerprint density at radius 1 is 1.28 bits per heavy atom. The molecule has 6 nitrogen and oxygen atoms in total. The molecule has 4 fully saturated rings. The van der Waals surface area contributed by atoms with E-state index < -0.39 is 0 Å². The molecule has 4 heterocycles. The maximum atomic E-state index is 13.0. The van der Waals surface area contributed by atoms with Crippen LogP contribution < -0.4 is 10.1 Å². The second-order valence-electron chi connectivity index (χ2n) is 7.67. The van der Waals surface area contributed by atoms with Crippen LogP contribution >= 0.6 is 0 Å². The lowest BCUT2D eigenvalue weighted by atomic mass is 9.84. The van der Waals surface area contributed by atoms with Crippen LogP contribution in [0.1, 0.15) is 47.7 Å². The van der Waals surface area contributed by atoms with Crippen molar-refractivity contribution in [3.8, 4) is 5.75 Å². The zero-order valence-electron chi connectivity index (χ0n) is 14.5. The minimum Gasteiger partial charge on any atom is -0.496 e. The molecule has 1 aromatic heterocycles. The van der Waals surface area contributed by atoms with Gasteiger partial charge >= 0.3 is 0 Å². The van der Waals surface area contributed by atoms with Gasteiger partial charge in [0.2, 0.25) is 0 Å². The van der Waals surface area contributed by atoms with Crippen molar-refractivity contribution in [3.05, 3.63) is 23.4 Å². The highest BCUT2D eigenvalue weighted by Gasteiger charge is 2.36. The molecular formula is C19H24N4O2. The molecule has 6 heteroatoms. The number of ether oxygens (including phenoxy) is 1. The number of piperidine rings is 3. The van der Waals surface area contributed by atoms with Crippen LogP contribution in [0.2, 0.25) is 0 Å². The molecular weight excluding hydrogens is 316 g/mol. The number of carbonyl (C=O) groups is 1. The average molecular weight is 340 g/mol. The maximum Gasteiger partial charge on any atom is 0.272 e. The highest BCUT2D eigenvalue weighted by molar-refractivity contribution is 6.07. The van der Waals surface area contributed by atoms with Crippen molar-refractivity contribution in [3.63, 3.8) is 0 Å². The van der Waals surface area contributed by atoms with E-state index in [1.807, 2.05) is 12.1 Å². The average Bonchev–Trinajstić information content (AvgIpc) is 3.39. The van der Waals surface area contributed by atoms with E-state index in [0.29, 0.717) is 17.5 Å². The molecule has 25 heavy (non-hydrogen) atoms. The van der Waals surface area contributed by atoms with Gasteiger partial charge in [0.05, 0.1) is 12.6 Å². The number of hydrogen-bond acceptors (Lipinski definition) is 4. The van der Waals surface area contributed by atoms with E-state index in [4.69, 9.17) is 4.74 Å². The monoisotopic (exact) mass is 340 g/mol. The van der Waals surface area contributed by atoms with Crippen LogP contribution in [0.3, 0.4) is 0 Å². The lowest BCUT2D eigenvalue weighted by Gasteiger charge is -2.44. The number of H-pyrrole nitrogens is 1. The van der Waals surface area contributed by atoms with Gasteiger partial charge in [-0.15, -0.1) is 0 Å². The number of rotatable bonds is 4. The number of fused-ring (bicyclic) bond motifs is 4. The second kappa shape index (κ2) is 5.73. The van der Waals surface area contributed by atoms with Gasteiger partial charge in [0.1, 0.15) is 5.75 Å². The Hall–Kier alpha value is -2.08. The number of aromatic amines is 1. The third-order valence-corrected chi connectivity index (χ3v) is 6.12. The number of amides is 1. The number of benzene rings is 1. The zero-order chi connectivity index (χ0) is 17.0. The maximum absolute atomic E-state index is 13.0. The Bertz CT molecular complexity index is 818. The van der Waals surface area contributed by atoms with Gasteiger partial charge < -0.3 is 15.0 Å². The molecule has 0 radical (unpaired) electrons. The van der Waals surface area contributed by atoms with Crippen LogP contribution in [0.25, 0.3) is 10.9 Å². The van der Waals surface area contributed by atoms with Crippen LogP contribution in [0.4, 0.5) is 0 Å². The smallest absolute Gasteiger partial charge is 0.272 e. The Morgan fingerprint density at radius 3 is 2.72 bits per heavy atom. The van der Waals surface area contributed by atoms with Crippen molar-refractivity contribution < 1.29 is 9.53 Å². The quantitative estimate of drug-likeness (QED) is 0.896. The molecule has 1 aliphatic carbocycles. The Balaban J connectivity index is 1.49. The molecule has 0 unspecified atom stereocenters. The van der Waals surface area contributed by atoms with Gasteiger partial charge in [-0.3, -0.25) is 9.89 Å². The summed E-state index contributed by atoms with van der Waals surface area (Å²) in [5.41, 5.74) is 2.59. The number of hydrogen-bond donors (Lipinski definition) is 2. The van der Waals surface area contributed by atoms with Gasteiger partial charge in [0.15, 0.2) is 5.69 Å². The van der Waals surface area contributed by atoms with Crippen LogP contribution in [0, 0.1) is 5.92 Å². The molecule has 2 aromatic rings. The van der Waals surface area contributed by atoms with Gasteiger partial charge in [-0.05, 0) is 62.7 Å². The van der Waals surface area contributed by atoms with Crippen LogP contribution in [-0.2, 0) is 0 Å². The predicted molar refractivity (Wildman–Crippen MR) is 95.0 cm³/mol. The summed E-state index contributed by atoms with van der Waals surface area (Å²) in [5, 5.41) is 11.6. The van der Waals surface area contributed by atoms with E-state index in [9.17, 15) is 4.79 Å². The van der Waals surface area contributed by atoms with Crippen LogP contribution in [0.5, 0.6) is 5.75 Å². The minimum atomic E-state index is -0.0554. The molecule has 0 spiro atoms. The van der Waals surface area contributed by atoms with E-state index in [-0.39, 0.29) is 11.9 Å². The summed E-state index contributed by atoms with van der Waals surface area (Å²) in [6, 6.07) is 4.18. The fourth-order valence-electron chi connectivity index (χ4n) is 4.61. The van der Waals surface area contributed by atoms with Crippen LogP contribution in [-0.4, -0.2) is 53.8 Å². The first-order valence-electron chi connectivity index (χ1n) is 9.33. The second-order valence-corrected chi connectivity index (χ2v) is 7.67. The number of carbonyl (C=O) groups excluding carboxylic acids is 1. The summed E-state index contributed by atoms with van der Waals surface area (Å²) in [7, 11) is 1.69. The third kappa shape index (κ3) is 2.51. The van der Waals surface area contributed by atoms with E-state index in [2.05, 4.69) is 20.4 Å². The van der Waals surface area contributed by atoms with Crippen molar-refractivity contribution in [1.82, 2.24) is 20.4 Å². The highest BCUT2D eigenvalue weighted by Crippen LogP contribution is 2.48. The van der Waals surface area contributed by atoms with Crippen molar-refractivity contribution in [2.75, 3.05) is 26.7 Å². The Kier molecular flexibility index (Phi) is 3.48. The molecule has 1 atom stereocenters. The van der Waals surface area contributed by atoms with E-state index in [1.54, 1.807) is 7.11 Å². The molecule has 6 rings (SSSR count). The van der Waals surface area contributed by atoms with Gasteiger partial charge in [0.25, 0.3) is 5.91 Å². The fourth-order valence-corrected chi connectivity index (χ4v) is 4.61. The summed E-state index contributed by atoms with van der Waals surface area (Å²) in [5.74, 6) is 1.91. The summed E-state index contributed by atoms with van der Waals surface area (Å²) < 4.78 is 5.57. The minimum absolute atomic E-state index is 0.0554. The lowest BCUT2D eigenvalue weighted by Crippen LogP contribution is -2.57. The Labute approximate surface area is 146 Å². The topological polar surface area (TPSA) is 70.2 Å². The van der Waals surface area contributed by atoms with E-state index in [1.165, 1.54) is 25.9 Å². The molecule has 3 aliphatic heterocycles. The molecule has 1 saturated carbocycles. The summed E-state index contributed by atoms with van der Waals surface area (Å²) in [6.07, 6.45) is 4.68. The van der Waals surface area contributed by atoms with Gasteiger partial charge in [-0.25, -0.2) is 0 Å². The molecule has 3 saturated heterocycles. The molecule has 4 aliphatic rings. The van der Waals surface area contributed by atoms with E-state index in [0.717, 1.165) is 41.6 Å². The van der Waals surface area contributed by atoms with Gasteiger partial charge in [-0.1, -0.05) is 0 Å². The van der Waals surface area contributed by atoms with Crippen molar-refractivity contribution in [2.45, 2.75) is 37.6 Å². The van der Waals surface area contributed by atoms with Crippen molar-refractivity contribution in [1.29, 1.82) is 0 Å². The lowest BCUT2D eigenvalue weighted by molar-refractivity contribution is 0.0618. The fraction of sp³-hybridized carbons (Fsp3) is 0.579. The number of methoxy groups -OCH3 is 1. The molecule has 1 amide bonds. The molecule has 132 valence electrons. The number of nitrogens with one attached hydrogen (secondary N) is 2. The van der Waals surface area contributed by atoms with Gasteiger partial charge in [-0.2, -0.15) is 5.10 Å². The zero-order valence-corrected chi connectivity index (χ0v) is 14.5. The standard InChI is InChI=1S/C19H24N4O2/c1-25-15-5-4-13-17(16(15)12-2-3-12)18(22-21-13)19(24)20-14-10-23-8-6-11(14)7-9-23/h4-5,11-12,14H,2-3,6-10H2,1H3,(H,20,24)(H,21,22)/t14-/m1/s1. The van der Waals surface area contributed by atoms with Gasteiger partial charge in [0, 0.05) is 23.5 Å². The molecule has 1 aromatic carbocycles. The van der Waals surface area contributed by atoms with Crippen molar-refractivity contribution >= 4 is 16.8 Å². The van der Waals surface area contributed by atoms with E-state index >= 15 is 0 Å². The summed E-state index contributed by atoms with van der Waals surface area (Å²) in [6.45, 7) is 3.31. The predicted octanol–water partition coefficient (Wildman–Crippen LogP) is 2.27.